The number of amides is 2. The maximum Gasteiger partial charge on any atom is 0.255 e. The molecule has 0 aliphatic heterocycles. The summed E-state index contributed by atoms with van der Waals surface area (Å²) in [5.74, 6) is -5.68. The van der Waals surface area contributed by atoms with E-state index in [1.54, 1.807) is 18.2 Å². The topological polar surface area (TPSA) is 67.4 Å². The van der Waals surface area contributed by atoms with Gasteiger partial charge in [0.15, 0.2) is 17.5 Å². The molecule has 0 fully saturated rings. The highest BCUT2D eigenvalue weighted by Gasteiger charge is 2.17. The van der Waals surface area contributed by atoms with Crippen molar-refractivity contribution in [2.45, 2.75) is 6.61 Å². The third kappa shape index (κ3) is 5.85. The quantitative estimate of drug-likeness (QED) is 0.465. The number of nitrogens with one attached hydrogen (secondary N) is 2. The number of rotatable bonds is 7. The lowest BCUT2D eigenvalue weighted by atomic mass is 10.2. The van der Waals surface area contributed by atoms with Gasteiger partial charge in [-0.1, -0.05) is 40.2 Å². The van der Waals surface area contributed by atoms with Crippen LogP contribution >= 0.6 is 15.9 Å². The molecule has 3 rings (SSSR count). The molecule has 2 amide bonds. The first kappa shape index (κ1) is 22.4. The lowest BCUT2D eigenvalue weighted by Gasteiger charge is -2.12. The molecule has 3 aromatic carbocycles. The van der Waals surface area contributed by atoms with Crippen molar-refractivity contribution in [1.82, 2.24) is 5.32 Å². The minimum absolute atomic E-state index is 0.198. The molecule has 0 atom stereocenters. The SMILES string of the molecule is O=C(CNC(=O)c1ccccc1OCc1cccc(Br)c1)Nc1ccc(F)c(F)c1F. The Hall–Kier alpha value is -3.33. The van der Waals surface area contributed by atoms with Crippen molar-refractivity contribution in [3.63, 3.8) is 0 Å². The lowest BCUT2D eigenvalue weighted by Crippen LogP contribution is -2.33. The highest BCUT2D eigenvalue weighted by Crippen LogP contribution is 2.21. The Labute approximate surface area is 184 Å². The maximum atomic E-state index is 13.7. The van der Waals surface area contributed by atoms with Crippen molar-refractivity contribution in [2.24, 2.45) is 0 Å². The summed E-state index contributed by atoms with van der Waals surface area (Å²) in [5.41, 5.74) is 0.553. The van der Waals surface area contributed by atoms with Crippen LogP contribution < -0.4 is 15.4 Å². The molecule has 0 saturated heterocycles. The van der Waals surface area contributed by atoms with E-state index in [-0.39, 0.29) is 12.2 Å². The van der Waals surface area contributed by atoms with E-state index in [1.165, 1.54) is 6.07 Å². The molecule has 0 aliphatic carbocycles. The van der Waals surface area contributed by atoms with E-state index in [0.717, 1.165) is 16.1 Å². The molecular formula is C22H16BrF3N2O3. The summed E-state index contributed by atoms with van der Waals surface area (Å²) in [5, 5.41) is 4.46. The van der Waals surface area contributed by atoms with E-state index in [2.05, 4.69) is 26.6 Å². The number of anilines is 1. The number of carbonyl (C=O) groups is 2. The van der Waals surface area contributed by atoms with Crippen LogP contribution in [-0.2, 0) is 11.4 Å². The van der Waals surface area contributed by atoms with Gasteiger partial charge in [0.2, 0.25) is 5.91 Å². The number of ether oxygens (including phenoxy) is 1. The molecule has 0 aliphatic rings. The van der Waals surface area contributed by atoms with E-state index >= 15 is 0 Å². The molecule has 0 bridgehead atoms. The van der Waals surface area contributed by atoms with Gasteiger partial charge in [-0.3, -0.25) is 9.59 Å². The zero-order chi connectivity index (χ0) is 22.4. The number of benzene rings is 3. The Kier molecular flexibility index (Phi) is 7.30. The monoisotopic (exact) mass is 492 g/mol. The average Bonchev–Trinajstić information content (AvgIpc) is 2.77. The highest BCUT2D eigenvalue weighted by atomic mass is 79.9. The minimum Gasteiger partial charge on any atom is -0.488 e. The van der Waals surface area contributed by atoms with Crippen LogP contribution in [0.15, 0.2) is 65.1 Å². The summed E-state index contributed by atoms with van der Waals surface area (Å²) < 4.78 is 46.5. The normalized spacial score (nSPS) is 10.5. The van der Waals surface area contributed by atoms with Gasteiger partial charge in [0, 0.05) is 4.47 Å². The number of para-hydroxylation sites is 1. The number of carbonyl (C=O) groups excluding carboxylic acids is 2. The number of halogens is 4. The van der Waals surface area contributed by atoms with Gasteiger partial charge in [-0.05, 0) is 42.0 Å². The Balaban J connectivity index is 1.60. The molecular weight excluding hydrogens is 477 g/mol. The fourth-order valence-electron chi connectivity index (χ4n) is 2.64. The zero-order valence-electron chi connectivity index (χ0n) is 15.9. The highest BCUT2D eigenvalue weighted by molar-refractivity contribution is 9.10. The first-order chi connectivity index (χ1) is 14.8. The summed E-state index contributed by atoms with van der Waals surface area (Å²) >= 11 is 3.38. The number of hydrogen-bond donors (Lipinski definition) is 2. The summed E-state index contributed by atoms with van der Waals surface area (Å²) in [4.78, 5) is 24.5. The molecule has 2 N–H and O–H groups in total. The van der Waals surface area contributed by atoms with E-state index in [1.807, 2.05) is 24.3 Å². The van der Waals surface area contributed by atoms with Crippen LogP contribution in [0.25, 0.3) is 0 Å². The number of hydrogen-bond acceptors (Lipinski definition) is 3. The van der Waals surface area contributed by atoms with Crippen LogP contribution in [0.3, 0.4) is 0 Å². The lowest BCUT2D eigenvalue weighted by molar-refractivity contribution is -0.115. The van der Waals surface area contributed by atoms with Gasteiger partial charge in [-0.25, -0.2) is 13.2 Å². The Morgan fingerprint density at radius 3 is 2.48 bits per heavy atom. The molecule has 0 unspecified atom stereocenters. The molecule has 3 aromatic rings. The van der Waals surface area contributed by atoms with Gasteiger partial charge in [0.05, 0.1) is 17.8 Å². The zero-order valence-corrected chi connectivity index (χ0v) is 17.5. The van der Waals surface area contributed by atoms with Gasteiger partial charge in [0.25, 0.3) is 5.91 Å². The largest absolute Gasteiger partial charge is 0.488 e. The second-order valence-corrected chi connectivity index (χ2v) is 7.28. The third-order valence-electron chi connectivity index (χ3n) is 4.13. The average molecular weight is 493 g/mol. The molecule has 160 valence electrons. The molecule has 9 heteroatoms. The standard InChI is InChI=1S/C22H16BrF3N2O3/c23-14-5-3-4-13(10-14)12-31-18-7-2-1-6-15(18)22(30)27-11-19(29)28-17-9-8-16(24)20(25)21(17)26/h1-10H,11-12H2,(H,27,30)(H,28,29). The Morgan fingerprint density at radius 2 is 1.71 bits per heavy atom. The summed E-state index contributed by atoms with van der Waals surface area (Å²) in [7, 11) is 0. The first-order valence-corrected chi connectivity index (χ1v) is 9.82. The Bertz CT molecular complexity index is 1120. The van der Waals surface area contributed by atoms with Crippen LogP contribution in [0.5, 0.6) is 5.75 Å². The maximum absolute atomic E-state index is 13.7. The van der Waals surface area contributed by atoms with Gasteiger partial charge in [0.1, 0.15) is 12.4 Å². The third-order valence-corrected chi connectivity index (χ3v) is 4.63. The Morgan fingerprint density at radius 1 is 0.935 bits per heavy atom. The van der Waals surface area contributed by atoms with Crippen molar-refractivity contribution in [3.8, 4) is 5.75 Å². The molecule has 0 radical (unpaired) electrons. The van der Waals surface area contributed by atoms with Crippen molar-refractivity contribution in [2.75, 3.05) is 11.9 Å². The summed E-state index contributed by atoms with van der Waals surface area (Å²) in [6, 6.07) is 15.5. The predicted octanol–water partition coefficient (Wildman–Crippen LogP) is 4.81. The molecule has 31 heavy (non-hydrogen) atoms. The first-order valence-electron chi connectivity index (χ1n) is 9.03. The summed E-state index contributed by atoms with van der Waals surface area (Å²) in [6.45, 7) is -0.295. The summed E-state index contributed by atoms with van der Waals surface area (Å²) in [6.07, 6.45) is 0. The van der Waals surface area contributed by atoms with E-state index in [9.17, 15) is 22.8 Å². The van der Waals surface area contributed by atoms with Gasteiger partial charge < -0.3 is 15.4 Å². The van der Waals surface area contributed by atoms with E-state index in [4.69, 9.17) is 4.74 Å². The van der Waals surface area contributed by atoms with Gasteiger partial charge in [-0.15, -0.1) is 0 Å². The minimum atomic E-state index is -1.70. The van der Waals surface area contributed by atoms with Crippen molar-refractivity contribution in [1.29, 1.82) is 0 Å². The van der Waals surface area contributed by atoms with Crippen LogP contribution in [0, 0.1) is 17.5 Å². The fraction of sp³-hybridized carbons (Fsp3) is 0.0909. The van der Waals surface area contributed by atoms with Gasteiger partial charge >= 0.3 is 0 Å². The molecule has 0 saturated carbocycles. The fourth-order valence-corrected chi connectivity index (χ4v) is 3.09. The van der Waals surface area contributed by atoms with Crippen LogP contribution in [0.4, 0.5) is 18.9 Å². The molecule has 5 nitrogen and oxygen atoms in total. The van der Waals surface area contributed by atoms with Crippen molar-refractivity contribution < 1.29 is 27.5 Å². The van der Waals surface area contributed by atoms with E-state index in [0.29, 0.717) is 11.8 Å². The predicted molar refractivity (Wildman–Crippen MR) is 112 cm³/mol. The smallest absolute Gasteiger partial charge is 0.255 e. The second kappa shape index (κ2) is 10.1. The van der Waals surface area contributed by atoms with Crippen LogP contribution in [0.1, 0.15) is 15.9 Å². The van der Waals surface area contributed by atoms with E-state index < -0.39 is 41.5 Å². The molecule has 0 aromatic heterocycles. The molecule has 0 heterocycles. The van der Waals surface area contributed by atoms with Gasteiger partial charge in [-0.2, -0.15) is 0 Å². The van der Waals surface area contributed by atoms with Crippen molar-refractivity contribution >= 4 is 33.4 Å². The van der Waals surface area contributed by atoms with Crippen LogP contribution in [0.2, 0.25) is 0 Å². The second-order valence-electron chi connectivity index (χ2n) is 6.37. The van der Waals surface area contributed by atoms with Crippen LogP contribution in [-0.4, -0.2) is 18.4 Å². The van der Waals surface area contributed by atoms with Crippen molar-refractivity contribution in [3.05, 3.63) is 93.7 Å². The molecule has 0 spiro atoms.